The Morgan fingerprint density at radius 2 is 1.88 bits per heavy atom. The molecule has 11 heteroatoms. The third kappa shape index (κ3) is 5.00. The predicted octanol–water partition coefficient (Wildman–Crippen LogP) is 0.309. The number of nitrogens with two attached hydrogens (primary N) is 1. The van der Waals surface area contributed by atoms with Crippen molar-refractivity contribution in [2.75, 3.05) is 18.9 Å². The molecule has 2 aromatic rings. The lowest BCUT2D eigenvalue weighted by molar-refractivity contribution is -0.161. The Kier molecular flexibility index (Phi) is 5.75. The molecule has 2 aromatic heterocycles. The van der Waals surface area contributed by atoms with E-state index in [4.69, 9.17) is 26.8 Å². The van der Waals surface area contributed by atoms with E-state index in [1.165, 1.54) is 20.2 Å². The highest BCUT2D eigenvalue weighted by atomic mass is 35.5. The largest absolute Gasteiger partial charge is 0.463 e. The van der Waals surface area contributed by atoms with Gasteiger partial charge in [-0.2, -0.15) is 9.97 Å². The Balaban J connectivity index is 2.16. The van der Waals surface area contributed by atoms with Crippen molar-refractivity contribution in [1.82, 2.24) is 19.5 Å². The number of esters is 2. The summed E-state index contributed by atoms with van der Waals surface area (Å²) in [4.78, 5) is 34.0. The third-order valence-electron chi connectivity index (χ3n) is 3.34. The number of hydrogen-bond acceptors (Lipinski definition) is 9. The quantitative estimate of drug-likeness (QED) is 0.519. The first-order valence-electron chi connectivity index (χ1n) is 7.33. The van der Waals surface area contributed by atoms with Crippen LogP contribution in [0.25, 0.3) is 11.2 Å². The summed E-state index contributed by atoms with van der Waals surface area (Å²) in [6, 6.07) is 0. The smallest absolute Gasteiger partial charge is 0.302 e. The zero-order valence-corrected chi connectivity index (χ0v) is 14.5. The molecular formula is C14H18ClN5O5. The van der Waals surface area contributed by atoms with Gasteiger partial charge in [0, 0.05) is 26.8 Å². The SMILES string of the molecule is CC(=O)OCC(O)(CCn1cnc2c(Cl)nc(N)nc21)COC(C)=O. The lowest BCUT2D eigenvalue weighted by Gasteiger charge is -2.27. The van der Waals surface area contributed by atoms with E-state index in [-0.39, 0.29) is 37.3 Å². The normalized spacial score (nSPS) is 11.5. The van der Waals surface area contributed by atoms with Crippen LogP contribution in [0.1, 0.15) is 20.3 Å². The van der Waals surface area contributed by atoms with E-state index in [0.717, 1.165) is 0 Å². The van der Waals surface area contributed by atoms with Crippen molar-refractivity contribution in [3.63, 3.8) is 0 Å². The maximum absolute atomic E-state index is 11.0. The van der Waals surface area contributed by atoms with Gasteiger partial charge in [0.2, 0.25) is 5.95 Å². The molecule has 0 amide bonds. The number of nitrogens with zero attached hydrogens (tertiary/aromatic N) is 4. The van der Waals surface area contributed by atoms with Crippen molar-refractivity contribution in [2.45, 2.75) is 32.4 Å². The van der Waals surface area contributed by atoms with Gasteiger partial charge in [-0.3, -0.25) is 9.59 Å². The van der Waals surface area contributed by atoms with Crippen LogP contribution in [0.4, 0.5) is 5.95 Å². The number of nitrogen functional groups attached to an aromatic ring is 1. The molecule has 0 aliphatic rings. The van der Waals surface area contributed by atoms with Crippen LogP contribution in [0.15, 0.2) is 6.33 Å². The van der Waals surface area contributed by atoms with E-state index in [1.54, 1.807) is 4.57 Å². The Hall–Kier alpha value is -2.46. The predicted molar refractivity (Wildman–Crippen MR) is 87.6 cm³/mol. The molecule has 0 fully saturated rings. The number of hydrogen-bond donors (Lipinski definition) is 2. The van der Waals surface area contributed by atoms with Gasteiger partial charge in [0.05, 0.1) is 6.33 Å². The maximum Gasteiger partial charge on any atom is 0.302 e. The van der Waals surface area contributed by atoms with Crippen molar-refractivity contribution in [3.05, 3.63) is 11.5 Å². The second kappa shape index (κ2) is 7.62. The highest BCUT2D eigenvalue weighted by Gasteiger charge is 2.30. The lowest BCUT2D eigenvalue weighted by Crippen LogP contribution is -2.41. The molecular weight excluding hydrogens is 354 g/mol. The van der Waals surface area contributed by atoms with E-state index < -0.39 is 17.5 Å². The minimum Gasteiger partial charge on any atom is -0.463 e. The Morgan fingerprint density at radius 3 is 2.44 bits per heavy atom. The molecule has 3 N–H and O–H groups in total. The number of anilines is 1. The number of ether oxygens (including phenoxy) is 2. The molecule has 0 atom stereocenters. The fraction of sp³-hybridized carbons (Fsp3) is 0.500. The summed E-state index contributed by atoms with van der Waals surface area (Å²) in [6.45, 7) is 2.04. The van der Waals surface area contributed by atoms with Crippen LogP contribution in [0.5, 0.6) is 0 Å². The summed E-state index contributed by atoms with van der Waals surface area (Å²) in [5.74, 6) is -1.11. The second-order valence-electron chi connectivity index (χ2n) is 5.52. The molecule has 0 bridgehead atoms. The zero-order valence-electron chi connectivity index (χ0n) is 13.7. The summed E-state index contributed by atoms with van der Waals surface area (Å²) < 4.78 is 11.3. The molecule has 10 nitrogen and oxygen atoms in total. The number of aryl methyl sites for hydroxylation is 1. The minimum atomic E-state index is -1.56. The first-order chi connectivity index (χ1) is 11.7. The van der Waals surface area contributed by atoms with Gasteiger partial charge in [0.15, 0.2) is 10.8 Å². The van der Waals surface area contributed by atoms with Gasteiger partial charge in [0.25, 0.3) is 0 Å². The van der Waals surface area contributed by atoms with Gasteiger partial charge in [-0.05, 0) is 0 Å². The lowest BCUT2D eigenvalue weighted by atomic mass is 10.0. The van der Waals surface area contributed by atoms with Gasteiger partial charge in [-0.25, -0.2) is 4.98 Å². The van der Waals surface area contributed by atoms with E-state index in [2.05, 4.69) is 15.0 Å². The van der Waals surface area contributed by atoms with Crippen molar-refractivity contribution in [2.24, 2.45) is 0 Å². The monoisotopic (exact) mass is 371 g/mol. The summed E-state index contributed by atoms with van der Waals surface area (Å²) in [5, 5.41) is 10.7. The van der Waals surface area contributed by atoms with Gasteiger partial charge >= 0.3 is 11.9 Å². The van der Waals surface area contributed by atoms with Crippen LogP contribution >= 0.6 is 11.6 Å². The Bertz CT molecular complexity index is 775. The first-order valence-corrected chi connectivity index (χ1v) is 7.71. The van der Waals surface area contributed by atoms with Crippen molar-refractivity contribution < 1.29 is 24.2 Å². The second-order valence-corrected chi connectivity index (χ2v) is 5.88. The number of fused-ring (bicyclic) bond motifs is 1. The molecule has 0 aliphatic carbocycles. The molecule has 0 radical (unpaired) electrons. The van der Waals surface area contributed by atoms with Gasteiger partial charge in [-0.15, -0.1) is 0 Å². The summed E-state index contributed by atoms with van der Waals surface area (Å²) >= 11 is 5.96. The van der Waals surface area contributed by atoms with Crippen LogP contribution in [-0.2, 0) is 25.6 Å². The number of carbonyl (C=O) groups is 2. The first kappa shape index (κ1) is 18.9. The molecule has 0 saturated heterocycles. The number of aromatic nitrogens is 4. The van der Waals surface area contributed by atoms with E-state index in [0.29, 0.717) is 11.2 Å². The van der Waals surface area contributed by atoms with Crippen LogP contribution in [0, 0.1) is 0 Å². The van der Waals surface area contributed by atoms with Crippen LogP contribution < -0.4 is 5.73 Å². The maximum atomic E-state index is 11.0. The van der Waals surface area contributed by atoms with Crippen molar-refractivity contribution in [1.29, 1.82) is 0 Å². The highest BCUT2D eigenvalue weighted by Crippen LogP contribution is 2.21. The molecule has 136 valence electrons. The number of aliphatic hydroxyl groups is 1. The van der Waals surface area contributed by atoms with E-state index in [9.17, 15) is 14.7 Å². The Labute approximate surface area is 147 Å². The number of halogens is 1. The van der Waals surface area contributed by atoms with Crippen LogP contribution in [0.2, 0.25) is 5.15 Å². The van der Waals surface area contributed by atoms with Crippen molar-refractivity contribution in [3.8, 4) is 0 Å². The average Bonchev–Trinajstić information content (AvgIpc) is 2.92. The third-order valence-corrected chi connectivity index (χ3v) is 3.61. The molecule has 0 aliphatic heterocycles. The highest BCUT2D eigenvalue weighted by molar-refractivity contribution is 6.33. The summed E-state index contributed by atoms with van der Waals surface area (Å²) in [5.41, 5.74) is 4.80. The van der Waals surface area contributed by atoms with Crippen LogP contribution in [-0.4, -0.2) is 55.4 Å². The standard InChI is InChI=1S/C14H18ClN5O5/c1-8(21)24-5-14(23,6-25-9(2)22)3-4-20-7-17-10-11(15)18-13(16)19-12(10)20/h7,23H,3-6H2,1-2H3,(H2,16,18,19). The fourth-order valence-electron chi connectivity index (χ4n) is 2.08. The molecule has 2 rings (SSSR count). The molecule has 0 aromatic carbocycles. The summed E-state index contributed by atoms with van der Waals surface area (Å²) in [6.07, 6.45) is 1.57. The number of imidazole rings is 1. The average molecular weight is 372 g/mol. The zero-order chi connectivity index (χ0) is 18.6. The molecule has 0 saturated carbocycles. The van der Waals surface area contributed by atoms with Gasteiger partial charge in [0.1, 0.15) is 24.3 Å². The molecule has 2 heterocycles. The van der Waals surface area contributed by atoms with E-state index >= 15 is 0 Å². The summed E-state index contributed by atoms with van der Waals surface area (Å²) in [7, 11) is 0. The minimum absolute atomic E-state index is 0.00524. The molecule has 25 heavy (non-hydrogen) atoms. The molecule has 0 spiro atoms. The van der Waals surface area contributed by atoms with Crippen molar-refractivity contribution >= 4 is 40.7 Å². The molecule has 0 unspecified atom stereocenters. The van der Waals surface area contributed by atoms with E-state index in [1.807, 2.05) is 0 Å². The Morgan fingerprint density at radius 1 is 1.28 bits per heavy atom. The topological polar surface area (TPSA) is 142 Å². The van der Waals surface area contributed by atoms with Gasteiger partial charge < -0.3 is 24.9 Å². The fourth-order valence-corrected chi connectivity index (χ4v) is 2.30. The van der Waals surface area contributed by atoms with Gasteiger partial charge in [-0.1, -0.05) is 11.6 Å². The number of carbonyl (C=O) groups excluding carboxylic acids is 2. The van der Waals surface area contributed by atoms with Crippen LogP contribution in [0.3, 0.4) is 0 Å². The number of rotatable bonds is 7.